The summed E-state index contributed by atoms with van der Waals surface area (Å²) >= 11 is 0. The van der Waals surface area contributed by atoms with E-state index >= 15 is 0 Å². The van der Waals surface area contributed by atoms with E-state index in [4.69, 9.17) is 0 Å². The predicted octanol–water partition coefficient (Wildman–Crippen LogP) is 0.622. The fraction of sp³-hybridized carbons (Fsp3) is 0.364. The van der Waals surface area contributed by atoms with Gasteiger partial charge in [0, 0.05) is 6.54 Å². The van der Waals surface area contributed by atoms with Crippen LogP contribution in [0.4, 0.5) is 4.39 Å². The maximum absolute atomic E-state index is 12.6. The lowest BCUT2D eigenvalue weighted by atomic mass is 10.1. The van der Waals surface area contributed by atoms with Gasteiger partial charge in [-0.1, -0.05) is 12.1 Å². The molecule has 0 bridgehead atoms. The van der Waals surface area contributed by atoms with E-state index in [1.165, 1.54) is 31.4 Å². The highest BCUT2D eigenvalue weighted by atomic mass is 19.1. The largest absolute Gasteiger partial charge is 0.468 e. The summed E-state index contributed by atoms with van der Waals surface area (Å²) in [6, 6.07) is 5.55. The van der Waals surface area contributed by atoms with Crippen LogP contribution in [0.1, 0.15) is 11.7 Å². The van der Waals surface area contributed by atoms with Crippen molar-refractivity contribution in [3.63, 3.8) is 0 Å². The first-order valence-corrected chi connectivity index (χ1v) is 4.84. The minimum atomic E-state index is -0.773. The first kappa shape index (κ1) is 12.6. The van der Waals surface area contributed by atoms with Gasteiger partial charge in [-0.3, -0.25) is 4.79 Å². The average Bonchev–Trinajstić information content (AvgIpc) is 2.29. The summed E-state index contributed by atoms with van der Waals surface area (Å²) in [5.74, 6) is -0.746. The Kier molecular flexibility index (Phi) is 4.88. The van der Waals surface area contributed by atoms with Crippen LogP contribution in [0.15, 0.2) is 24.3 Å². The van der Waals surface area contributed by atoms with E-state index in [-0.39, 0.29) is 18.9 Å². The first-order valence-electron chi connectivity index (χ1n) is 4.84. The number of carbonyl (C=O) groups excluding carboxylic acids is 1. The standard InChI is InChI=1S/C11H14FNO3/c1-16-11(15)7-13-6-10(14)8-2-4-9(12)5-3-8/h2-5,10,13-14H,6-7H2,1H3. The summed E-state index contributed by atoms with van der Waals surface area (Å²) in [7, 11) is 1.29. The molecular formula is C11H14FNO3. The molecule has 88 valence electrons. The number of methoxy groups -OCH3 is 1. The molecule has 1 atom stereocenters. The molecule has 1 aromatic carbocycles. The summed E-state index contributed by atoms with van der Waals surface area (Å²) in [4.78, 5) is 10.8. The van der Waals surface area contributed by atoms with E-state index in [1.807, 2.05) is 0 Å². The van der Waals surface area contributed by atoms with E-state index in [0.29, 0.717) is 5.56 Å². The summed E-state index contributed by atoms with van der Waals surface area (Å²) in [5.41, 5.74) is 0.596. The molecular weight excluding hydrogens is 213 g/mol. The normalized spacial score (nSPS) is 12.2. The van der Waals surface area contributed by atoms with Gasteiger partial charge >= 0.3 is 5.97 Å². The highest BCUT2D eigenvalue weighted by Crippen LogP contribution is 2.12. The van der Waals surface area contributed by atoms with Crippen molar-refractivity contribution in [2.45, 2.75) is 6.10 Å². The lowest BCUT2D eigenvalue weighted by Gasteiger charge is -2.11. The van der Waals surface area contributed by atoms with Gasteiger partial charge in [-0.05, 0) is 17.7 Å². The molecule has 5 heteroatoms. The Labute approximate surface area is 93.0 Å². The average molecular weight is 227 g/mol. The Hall–Kier alpha value is -1.46. The number of carbonyl (C=O) groups is 1. The molecule has 2 N–H and O–H groups in total. The third-order valence-electron chi connectivity index (χ3n) is 2.09. The SMILES string of the molecule is COC(=O)CNCC(O)c1ccc(F)cc1. The maximum atomic E-state index is 12.6. The zero-order chi connectivity index (χ0) is 12.0. The lowest BCUT2D eigenvalue weighted by Crippen LogP contribution is -2.28. The molecule has 0 aromatic heterocycles. The van der Waals surface area contributed by atoms with Crippen LogP contribution in [-0.2, 0) is 9.53 Å². The van der Waals surface area contributed by atoms with Gasteiger partial charge in [0.1, 0.15) is 5.82 Å². The number of nitrogens with one attached hydrogen (secondary N) is 1. The third kappa shape index (κ3) is 3.96. The third-order valence-corrected chi connectivity index (χ3v) is 2.09. The topological polar surface area (TPSA) is 58.6 Å². The van der Waals surface area contributed by atoms with E-state index in [2.05, 4.69) is 10.1 Å². The van der Waals surface area contributed by atoms with Crippen molar-refractivity contribution in [2.75, 3.05) is 20.2 Å². The second kappa shape index (κ2) is 6.19. The van der Waals surface area contributed by atoms with Gasteiger partial charge in [-0.25, -0.2) is 4.39 Å². The van der Waals surface area contributed by atoms with Crippen molar-refractivity contribution in [3.05, 3.63) is 35.6 Å². The van der Waals surface area contributed by atoms with Gasteiger partial charge in [0.25, 0.3) is 0 Å². The number of aliphatic hydroxyl groups excluding tert-OH is 1. The fourth-order valence-corrected chi connectivity index (χ4v) is 1.19. The van der Waals surface area contributed by atoms with Crippen LogP contribution >= 0.6 is 0 Å². The number of halogens is 1. The molecule has 16 heavy (non-hydrogen) atoms. The fourth-order valence-electron chi connectivity index (χ4n) is 1.19. The molecule has 0 amide bonds. The van der Waals surface area contributed by atoms with Crippen LogP contribution in [-0.4, -0.2) is 31.3 Å². The molecule has 0 fully saturated rings. The number of rotatable bonds is 5. The summed E-state index contributed by atoms with van der Waals surface area (Å²) in [6.07, 6.45) is -0.773. The van der Waals surface area contributed by atoms with E-state index in [9.17, 15) is 14.3 Å². The number of hydrogen-bond donors (Lipinski definition) is 2. The van der Waals surface area contributed by atoms with Crippen molar-refractivity contribution in [3.8, 4) is 0 Å². The second-order valence-corrected chi connectivity index (χ2v) is 3.27. The van der Waals surface area contributed by atoms with Crippen LogP contribution in [0.3, 0.4) is 0 Å². The maximum Gasteiger partial charge on any atom is 0.319 e. The van der Waals surface area contributed by atoms with Gasteiger partial charge < -0.3 is 15.2 Å². The van der Waals surface area contributed by atoms with Crippen molar-refractivity contribution < 1.29 is 19.0 Å². The molecule has 4 nitrogen and oxygen atoms in total. The quantitative estimate of drug-likeness (QED) is 0.724. The molecule has 1 rings (SSSR count). The number of benzene rings is 1. The van der Waals surface area contributed by atoms with Crippen molar-refractivity contribution in [1.29, 1.82) is 0 Å². The van der Waals surface area contributed by atoms with Crippen molar-refractivity contribution in [2.24, 2.45) is 0 Å². The molecule has 0 heterocycles. The van der Waals surface area contributed by atoms with E-state index in [0.717, 1.165) is 0 Å². The Morgan fingerprint density at radius 3 is 2.69 bits per heavy atom. The van der Waals surface area contributed by atoms with Crippen molar-refractivity contribution >= 4 is 5.97 Å². The minimum Gasteiger partial charge on any atom is -0.468 e. The summed E-state index contributed by atoms with van der Waals surface area (Å²) < 4.78 is 17.0. The zero-order valence-electron chi connectivity index (χ0n) is 8.94. The molecule has 0 radical (unpaired) electrons. The predicted molar refractivity (Wildman–Crippen MR) is 56.2 cm³/mol. The van der Waals surface area contributed by atoms with E-state index < -0.39 is 12.1 Å². The first-order chi connectivity index (χ1) is 7.63. The Morgan fingerprint density at radius 1 is 1.50 bits per heavy atom. The van der Waals surface area contributed by atoms with Crippen LogP contribution in [0.25, 0.3) is 0 Å². The minimum absolute atomic E-state index is 0.0365. The van der Waals surface area contributed by atoms with E-state index in [1.54, 1.807) is 0 Å². The molecule has 1 unspecified atom stereocenters. The summed E-state index contributed by atoms with van der Waals surface area (Å²) in [6.45, 7) is 0.246. The Balaban J connectivity index is 2.37. The molecule has 0 spiro atoms. The summed E-state index contributed by atoms with van der Waals surface area (Å²) in [5, 5.41) is 12.4. The smallest absolute Gasteiger partial charge is 0.319 e. The van der Waals surface area contributed by atoms with Gasteiger partial charge in [0.05, 0.1) is 19.8 Å². The van der Waals surface area contributed by atoms with Gasteiger partial charge in [0.15, 0.2) is 0 Å². The lowest BCUT2D eigenvalue weighted by molar-refractivity contribution is -0.139. The highest BCUT2D eigenvalue weighted by Gasteiger charge is 2.08. The van der Waals surface area contributed by atoms with Crippen LogP contribution in [0.5, 0.6) is 0 Å². The molecule has 0 aliphatic rings. The van der Waals surface area contributed by atoms with Crippen molar-refractivity contribution in [1.82, 2.24) is 5.32 Å². The van der Waals surface area contributed by atoms with Gasteiger partial charge in [-0.2, -0.15) is 0 Å². The molecule has 1 aromatic rings. The Morgan fingerprint density at radius 2 is 2.12 bits per heavy atom. The van der Waals surface area contributed by atoms with Crippen LogP contribution < -0.4 is 5.32 Å². The molecule has 0 aliphatic heterocycles. The van der Waals surface area contributed by atoms with Crippen LogP contribution in [0, 0.1) is 5.82 Å². The number of ether oxygens (including phenoxy) is 1. The Bertz CT molecular complexity index is 340. The van der Waals surface area contributed by atoms with Gasteiger partial charge in [-0.15, -0.1) is 0 Å². The molecule has 0 saturated carbocycles. The molecule has 0 saturated heterocycles. The van der Waals surface area contributed by atoms with Crippen LogP contribution in [0.2, 0.25) is 0 Å². The molecule has 0 aliphatic carbocycles. The second-order valence-electron chi connectivity index (χ2n) is 3.27. The number of hydrogen-bond acceptors (Lipinski definition) is 4. The monoisotopic (exact) mass is 227 g/mol. The van der Waals surface area contributed by atoms with Gasteiger partial charge in [0.2, 0.25) is 0 Å². The number of aliphatic hydroxyl groups is 1. The zero-order valence-corrected chi connectivity index (χ0v) is 8.94. The number of esters is 1. The highest BCUT2D eigenvalue weighted by molar-refractivity contribution is 5.71.